The molecule has 1 amide bonds. The molecule has 2 N–H and O–H groups in total. The van der Waals surface area contributed by atoms with Crippen LogP contribution in [0.4, 0.5) is 0 Å². The summed E-state index contributed by atoms with van der Waals surface area (Å²) in [6.45, 7) is 9.77. The van der Waals surface area contributed by atoms with Crippen LogP contribution in [0, 0.1) is 0 Å². The van der Waals surface area contributed by atoms with Crippen molar-refractivity contribution in [2.75, 3.05) is 6.54 Å². The molecule has 0 aliphatic rings. The van der Waals surface area contributed by atoms with Gasteiger partial charge >= 0.3 is 0 Å². The predicted octanol–water partition coefficient (Wildman–Crippen LogP) is 2.87. The van der Waals surface area contributed by atoms with Crippen LogP contribution in [0.5, 0.6) is 5.75 Å². The molecule has 0 saturated carbocycles. The topological polar surface area (TPSA) is 50.4 Å². The highest BCUT2D eigenvalue weighted by Gasteiger charge is 2.16. The Hall–Kier alpha value is -1.55. The molecule has 0 fully saturated rings. The number of carbonyl (C=O) groups is 1. The van der Waals surface area contributed by atoms with E-state index in [1.807, 2.05) is 32.0 Å². The zero-order valence-electron chi connectivity index (χ0n) is 13.6. The lowest BCUT2D eigenvalue weighted by molar-refractivity contribution is -0.127. The van der Waals surface area contributed by atoms with Crippen LogP contribution in [0.1, 0.15) is 46.1 Å². The molecule has 2 unspecified atom stereocenters. The highest BCUT2D eigenvalue weighted by Crippen LogP contribution is 2.15. The standard InChI is InChI=1S/C17H28N2O2/c1-5-10-18-12-15-8-7-9-16(11-15)21-14(4)17(20)19-13(3)6-2/h7-9,11,13-14,18H,5-6,10,12H2,1-4H3,(H,19,20). The molecule has 118 valence electrons. The highest BCUT2D eigenvalue weighted by molar-refractivity contribution is 5.80. The Bertz CT molecular complexity index is 435. The normalized spacial score (nSPS) is 13.5. The van der Waals surface area contributed by atoms with Gasteiger partial charge in [-0.25, -0.2) is 0 Å². The molecule has 1 aromatic carbocycles. The van der Waals surface area contributed by atoms with Crippen molar-refractivity contribution in [2.24, 2.45) is 0 Å². The van der Waals surface area contributed by atoms with E-state index in [1.165, 1.54) is 0 Å². The van der Waals surface area contributed by atoms with Gasteiger partial charge in [0, 0.05) is 12.6 Å². The zero-order chi connectivity index (χ0) is 15.7. The molecule has 1 aromatic rings. The quantitative estimate of drug-likeness (QED) is 0.688. The van der Waals surface area contributed by atoms with Crippen LogP contribution in [0.25, 0.3) is 0 Å². The Morgan fingerprint density at radius 3 is 2.71 bits per heavy atom. The summed E-state index contributed by atoms with van der Waals surface area (Å²) in [5.41, 5.74) is 1.16. The minimum atomic E-state index is -0.488. The molecule has 0 bridgehead atoms. The van der Waals surface area contributed by atoms with Crippen molar-refractivity contribution in [3.05, 3.63) is 29.8 Å². The Morgan fingerprint density at radius 2 is 2.05 bits per heavy atom. The van der Waals surface area contributed by atoms with Gasteiger partial charge in [0.15, 0.2) is 6.10 Å². The van der Waals surface area contributed by atoms with Crippen molar-refractivity contribution < 1.29 is 9.53 Å². The number of hydrogen-bond donors (Lipinski definition) is 2. The molecular formula is C17H28N2O2. The van der Waals surface area contributed by atoms with E-state index < -0.39 is 6.10 Å². The second-order valence-corrected chi connectivity index (χ2v) is 5.40. The fourth-order valence-corrected chi connectivity index (χ4v) is 1.86. The lowest BCUT2D eigenvalue weighted by Crippen LogP contribution is -2.40. The molecule has 21 heavy (non-hydrogen) atoms. The maximum Gasteiger partial charge on any atom is 0.260 e. The number of hydrogen-bond acceptors (Lipinski definition) is 3. The van der Waals surface area contributed by atoms with Crippen LogP contribution in [0.3, 0.4) is 0 Å². The lowest BCUT2D eigenvalue weighted by atomic mass is 10.2. The number of benzene rings is 1. The van der Waals surface area contributed by atoms with E-state index in [4.69, 9.17) is 4.74 Å². The summed E-state index contributed by atoms with van der Waals surface area (Å²) < 4.78 is 5.73. The van der Waals surface area contributed by atoms with E-state index in [0.29, 0.717) is 0 Å². The average Bonchev–Trinajstić information content (AvgIpc) is 2.47. The van der Waals surface area contributed by atoms with Gasteiger partial charge in [-0.15, -0.1) is 0 Å². The molecular weight excluding hydrogens is 264 g/mol. The zero-order valence-corrected chi connectivity index (χ0v) is 13.6. The number of ether oxygens (including phenoxy) is 1. The first-order chi connectivity index (χ1) is 10.1. The van der Waals surface area contributed by atoms with Crippen LogP contribution in [0.2, 0.25) is 0 Å². The molecule has 0 heterocycles. The fourth-order valence-electron chi connectivity index (χ4n) is 1.86. The summed E-state index contributed by atoms with van der Waals surface area (Å²) >= 11 is 0. The summed E-state index contributed by atoms with van der Waals surface area (Å²) in [5, 5.41) is 6.28. The molecule has 4 heteroatoms. The summed E-state index contributed by atoms with van der Waals surface area (Å²) in [7, 11) is 0. The minimum absolute atomic E-state index is 0.0705. The molecule has 1 rings (SSSR count). The summed E-state index contributed by atoms with van der Waals surface area (Å²) in [6.07, 6.45) is 1.54. The Morgan fingerprint density at radius 1 is 1.29 bits per heavy atom. The van der Waals surface area contributed by atoms with Crippen molar-refractivity contribution >= 4 is 5.91 Å². The van der Waals surface area contributed by atoms with E-state index in [2.05, 4.69) is 23.6 Å². The maximum absolute atomic E-state index is 12.0. The average molecular weight is 292 g/mol. The van der Waals surface area contributed by atoms with Crippen molar-refractivity contribution in [2.45, 2.75) is 59.2 Å². The van der Waals surface area contributed by atoms with Crippen molar-refractivity contribution in [3.63, 3.8) is 0 Å². The Balaban J connectivity index is 2.53. The molecule has 4 nitrogen and oxygen atoms in total. The monoisotopic (exact) mass is 292 g/mol. The van der Waals surface area contributed by atoms with Gasteiger partial charge < -0.3 is 15.4 Å². The number of rotatable bonds is 9. The van der Waals surface area contributed by atoms with Crippen molar-refractivity contribution in [3.8, 4) is 5.75 Å². The SMILES string of the molecule is CCCNCc1cccc(OC(C)C(=O)NC(C)CC)c1. The van der Waals surface area contributed by atoms with E-state index >= 15 is 0 Å². The first kappa shape index (κ1) is 17.5. The number of amides is 1. The van der Waals surface area contributed by atoms with Crippen molar-refractivity contribution in [1.82, 2.24) is 10.6 Å². The molecule has 0 radical (unpaired) electrons. The first-order valence-corrected chi connectivity index (χ1v) is 7.83. The first-order valence-electron chi connectivity index (χ1n) is 7.83. The number of carbonyl (C=O) groups excluding carboxylic acids is 1. The Labute approximate surface area is 128 Å². The Kier molecular flexibility index (Phi) is 7.83. The maximum atomic E-state index is 12.0. The van der Waals surface area contributed by atoms with Crippen LogP contribution in [-0.2, 0) is 11.3 Å². The number of nitrogens with one attached hydrogen (secondary N) is 2. The lowest BCUT2D eigenvalue weighted by Gasteiger charge is -2.18. The van der Waals surface area contributed by atoms with E-state index in [1.54, 1.807) is 6.92 Å². The van der Waals surface area contributed by atoms with Crippen LogP contribution >= 0.6 is 0 Å². The van der Waals surface area contributed by atoms with Crippen molar-refractivity contribution in [1.29, 1.82) is 0 Å². The molecule has 0 aliphatic carbocycles. The third-order valence-electron chi connectivity index (χ3n) is 3.34. The van der Waals surface area contributed by atoms with Gasteiger partial charge in [0.2, 0.25) is 0 Å². The molecule has 0 aromatic heterocycles. The van der Waals surface area contributed by atoms with Crippen LogP contribution in [-0.4, -0.2) is 24.6 Å². The molecule has 0 spiro atoms. The van der Waals surface area contributed by atoms with E-state index in [9.17, 15) is 4.79 Å². The second-order valence-electron chi connectivity index (χ2n) is 5.40. The molecule has 0 aliphatic heterocycles. The highest BCUT2D eigenvalue weighted by atomic mass is 16.5. The van der Waals surface area contributed by atoms with Crippen LogP contribution < -0.4 is 15.4 Å². The third kappa shape index (κ3) is 6.63. The second kappa shape index (κ2) is 9.40. The van der Waals surface area contributed by atoms with Gasteiger partial charge in [-0.05, 0) is 50.9 Å². The largest absolute Gasteiger partial charge is 0.481 e. The van der Waals surface area contributed by atoms with E-state index in [0.717, 1.165) is 37.2 Å². The van der Waals surface area contributed by atoms with Gasteiger partial charge in [0.1, 0.15) is 5.75 Å². The summed E-state index contributed by atoms with van der Waals surface area (Å²) in [6, 6.07) is 8.05. The third-order valence-corrected chi connectivity index (χ3v) is 3.34. The van der Waals surface area contributed by atoms with Gasteiger partial charge in [-0.2, -0.15) is 0 Å². The summed E-state index contributed by atoms with van der Waals surface area (Å²) in [4.78, 5) is 12.0. The van der Waals surface area contributed by atoms with Gasteiger partial charge in [-0.1, -0.05) is 26.0 Å². The van der Waals surface area contributed by atoms with Gasteiger partial charge in [0.05, 0.1) is 0 Å². The smallest absolute Gasteiger partial charge is 0.260 e. The van der Waals surface area contributed by atoms with Gasteiger partial charge in [0.25, 0.3) is 5.91 Å². The van der Waals surface area contributed by atoms with Crippen LogP contribution in [0.15, 0.2) is 24.3 Å². The molecule has 2 atom stereocenters. The minimum Gasteiger partial charge on any atom is -0.481 e. The van der Waals surface area contributed by atoms with E-state index in [-0.39, 0.29) is 11.9 Å². The van der Waals surface area contributed by atoms with Gasteiger partial charge in [-0.3, -0.25) is 4.79 Å². The summed E-state index contributed by atoms with van der Waals surface area (Å²) in [5.74, 6) is 0.663. The molecule has 0 saturated heterocycles. The predicted molar refractivity (Wildman–Crippen MR) is 86.4 cm³/mol. The fraction of sp³-hybridized carbons (Fsp3) is 0.588.